The number of nitrogens with zero attached hydrogens (tertiary/aromatic N) is 6. The van der Waals surface area contributed by atoms with Crippen LogP contribution >= 0.6 is 14.7 Å². The number of azide groups is 2. The van der Waals surface area contributed by atoms with Crippen molar-refractivity contribution in [2.45, 2.75) is 26.4 Å². The highest BCUT2D eigenvalue weighted by Gasteiger charge is 2.08. The van der Waals surface area contributed by atoms with Crippen LogP contribution in [0.1, 0.15) is 22.3 Å². The molecular formula is C48H56N6O12P2S2. The molecule has 0 aliphatic carbocycles. The van der Waals surface area contributed by atoms with E-state index in [2.05, 4.69) is 82.5 Å². The fraction of sp³-hybridized carbons (Fsp3) is 0.167. The average Bonchev–Trinajstić information content (AvgIpc) is 3.34. The van der Waals surface area contributed by atoms with E-state index < -0.39 is 34.3 Å². The summed E-state index contributed by atoms with van der Waals surface area (Å²) in [7, 11) is -10.9. The minimum absolute atomic E-state index is 0.00459. The van der Waals surface area contributed by atoms with Crippen LogP contribution in [0.2, 0.25) is 0 Å². The quantitative estimate of drug-likeness (QED) is 0.0113. The summed E-state index contributed by atoms with van der Waals surface area (Å²) in [6.45, 7) is 15.8. The molecule has 70 heavy (non-hydrogen) atoms. The molecule has 0 spiro atoms. The summed E-state index contributed by atoms with van der Waals surface area (Å²) in [5, 5.41) is 8.85. The van der Waals surface area contributed by atoms with E-state index in [1.807, 2.05) is 24.3 Å². The molecule has 372 valence electrons. The van der Waals surface area contributed by atoms with Crippen molar-refractivity contribution in [3.8, 4) is 47.7 Å². The molecule has 0 heterocycles. The topological polar surface area (TPSA) is 246 Å². The summed E-state index contributed by atoms with van der Waals surface area (Å²) < 4.78 is 64.4. The lowest BCUT2D eigenvalue weighted by Crippen LogP contribution is -2.04. The number of terminal acetylenes is 2. The lowest BCUT2D eigenvalue weighted by Gasteiger charge is -2.15. The average molecular weight is 1040 g/mol. The Hall–Kier alpha value is -6.82. The first-order chi connectivity index (χ1) is 33.3. The first-order valence-electron chi connectivity index (χ1n) is 19.8. The predicted octanol–water partition coefficient (Wildman–Crippen LogP) is 10.5. The third kappa shape index (κ3) is 29.2. The van der Waals surface area contributed by atoms with Gasteiger partial charge in [-0.25, -0.2) is 8.42 Å². The van der Waals surface area contributed by atoms with Gasteiger partial charge in [-0.1, -0.05) is 96.9 Å². The Morgan fingerprint density at radius 1 is 0.543 bits per heavy atom. The van der Waals surface area contributed by atoms with Gasteiger partial charge in [-0.05, 0) is 118 Å². The minimum Gasteiger partial charge on any atom is -0.450 e. The van der Waals surface area contributed by atoms with E-state index >= 15 is 0 Å². The second-order valence-electron chi connectivity index (χ2n) is 13.3. The number of ether oxygens (including phenoxy) is 4. The molecule has 0 aliphatic rings. The maximum atomic E-state index is 11.5. The van der Waals surface area contributed by atoms with Gasteiger partial charge in [-0.15, -0.1) is 12.8 Å². The summed E-state index contributed by atoms with van der Waals surface area (Å²) in [6.07, 6.45) is 17.2. The lowest BCUT2D eigenvalue weighted by atomic mass is 10.2. The Bertz CT molecular complexity index is 2780. The lowest BCUT2D eigenvalue weighted by molar-refractivity contribution is 0.127. The van der Waals surface area contributed by atoms with Crippen LogP contribution in [0.5, 0.6) is 23.0 Å². The van der Waals surface area contributed by atoms with Crippen LogP contribution in [0.25, 0.3) is 20.9 Å². The van der Waals surface area contributed by atoms with Crippen LogP contribution in [0.4, 0.5) is 0 Å². The van der Waals surface area contributed by atoms with Gasteiger partial charge < -0.3 is 46.1 Å². The van der Waals surface area contributed by atoms with Gasteiger partial charge in [0.2, 0.25) is 0 Å². The fourth-order valence-corrected chi connectivity index (χ4v) is 6.46. The van der Waals surface area contributed by atoms with Gasteiger partial charge in [0.25, 0.3) is 0 Å². The van der Waals surface area contributed by atoms with E-state index in [9.17, 15) is 18.2 Å². The van der Waals surface area contributed by atoms with Crippen molar-refractivity contribution in [2.24, 2.45) is 10.2 Å². The molecule has 0 aromatic heterocycles. The summed E-state index contributed by atoms with van der Waals surface area (Å²) in [4.78, 5) is 24.4. The Labute approximate surface area is 411 Å². The number of hydrogen-bond donors (Lipinski definition) is 2. The molecule has 0 aliphatic heterocycles. The highest BCUT2D eigenvalue weighted by Crippen LogP contribution is 2.43. The molecule has 0 saturated heterocycles. The second kappa shape index (κ2) is 33.6. The van der Waals surface area contributed by atoms with Crippen LogP contribution < -0.4 is 17.4 Å². The van der Waals surface area contributed by atoms with E-state index in [1.54, 1.807) is 72.8 Å². The molecule has 4 rings (SSSR count). The van der Waals surface area contributed by atoms with Gasteiger partial charge in [-0.3, -0.25) is 0 Å². The first-order valence-corrected chi connectivity index (χ1v) is 27.1. The van der Waals surface area contributed by atoms with E-state index in [1.165, 1.54) is 22.5 Å². The van der Waals surface area contributed by atoms with E-state index in [0.717, 1.165) is 22.3 Å². The molecule has 22 heteroatoms. The zero-order valence-corrected chi connectivity index (χ0v) is 41.8. The van der Waals surface area contributed by atoms with Crippen molar-refractivity contribution in [1.82, 2.24) is 0 Å². The summed E-state index contributed by atoms with van der Waals surface area (Å²) in [6, 6.07) is 28.0. The number of benzene rings is 4. The molecule has 4 aromatic rings. The van der Waals surface area contributed by atoms with Gasteiger partial charge in [0.1, 0.15) is 69.3 Å². The van der Waals surface area contributed by atoms with Gasteiger partial charge in [0.05, 0.1) is 26.4 Å². The zero-order chi connectivity index (χ0) is 52.3. The van der Waals surface area contributed by atoms with Crippen LogP contribution in [0, 0.1) is 24.7 Å². The van der Waals surface area contributed by atoms with E-state index in [4.69, 9.17) is 60.3 Å². The Balaban J connectivity index is 0.000000467. The van der Waals surface area contributed by atoms with Gasteiger partial charge in [0.15, 0.2) is 14.7 Å². The molecule has 2 N–H and O–H groups in total. The highest BCUT2D eigenvalue weighted by molar-refractivity contribution is 7.99. The van der Waals surface area contributed by atoms with Crippen molar-refractivity contribution < 1.29 is 54.6 Å². The van der Waals surface area contributed by atoms with Crippen molar-refractivity contribution in [2.75, 3.05) is 26.7 Å². The minimum atomic E-state index is -2.76. The third-order valence-electron chi connectivity index (χ3n) is 7.64. The Morgan fingerprint density at radius 2 is 0.814 bits per heavy atom. The first kappa shape index (κ1) is 61.2. The summed E-state index contributed by atoms with van der Waals surface area (Å²) >= 11 is 0. The maximum absolute atomic E-state index is 11.5. The molecule has 0 amide bonds. The van der Waals surface area contributed by atoms with Crippen LogP contribution in [-0.2, 0) is 65.0 Å². The largest absolute Gasteiger partial charge is 0.450 e. The third-order valence-corrected chi connectivity index (χ3v) is 11.8. The molecule has 18 nitrogen and oxygen atoms in total. The fourth-order valence-electron chi connectivity index (χ4n) is 4.32. The molecule has 0 saturated carbocycles. The van der Waals surface area contributed by atoms with E-state index in [0.29, 0.717) is 56.0 Å². The van der Waals surface area contributed by atoms with Crippen LogP contribution in [0.3, 0.4) is 0 Å². The SMILES string of the molecule is C#CCOCc1ccc(OP(=C)(O)C=C)cc1.C#CCOCc1ccc(OS(=C)(=O)C=C)cc1.C=CP(=C)(O)Oc1ccc(COCN=[N+]=[N-])cc1.C=CS(=C)(=O)Oc1ccc(COCN=[N+]=[N-])cc1. The smallest absolute Gasteiger partial charge is 0.186 e. The predicted molar refractivity (Wildman–Crippen MR) is 287 cm³/mol. The molecule has 4 atom stereocenters. The normalized spacial score (nSPS) is 13.3. The summed E-state index contributed by atoms with van der Waals surface area (Å²) in [5.41, 5.74) is 19.8. The second-order valence-corrected chi connectivity index (χ2v) is 21.0. The zero-order valence-electron chi connectivity index (χ0n) is 38.4. The number of rotatable bonds is 26. The van der Waals surface area contributed by atoms with Crippen LogP contribution in [-0.4, -0.2) is 69.2 Å². The molecule has 4 aromatic carbocycles. The van der Waals surface area contributed by atoms with Crippen molar-refractivity contribution >= 4 is 58.6 Å². The monoisotopic (exact) mass is 1030 g/mol. The molecule has 4 unspecified atom stereocenters. The molecule has 0 bridgehead atoms. The van der Waals surface area contributed by atoms with Gasteiger partial charge in [0, 0.05) is 20.6 Å². The molecular weight excluding hydrogens is 979 g/mol. The maximum Gasteiger partial charge on any atom is 0.186 e. The summed E-state index contributed by atoms with van der Waals surface area (Å²) in [5.74, 6) is 16.2. The number of hydrogen-bond acceptors (Lipinski definition) is 14. The van der Waals surface area contributed by atoms with Gasteiger partial charge >= 0.3 is 0 Å². The van der Waals surface area contributed by atoms with Gasteiger partial charge in [-0.2, -0.15) is 0 Å². The van der Waals surface area contributed by atoms with Crippen molar-refractivity contribution in [3.05, 3.63) is 189 Å². The standard InChI is InChI=1S/C13H15O3P.C13H14O3S.C11H14N3O3P.C11H13N3O3S/c2*1-4-10-15-11-12-6-8-13(9-7-12)16-17(3,14)5-2;2*1-3-18(2,15)17-11-6-4-10(5-7-11)8-16-9-13-14-12/h1,5-9,14H,2-3,10-11H2;1,5-9H,2-3,10-11H2;3-7,15H,1-2,8-9H2;3-7H,1-2,8-9H2. The van der Waals surface area contributed by atoms with Crippen LogP contribution in [0.15, 0.2) is 156 Å². The molecule has 0 fully saturated rings. The molecule has 0 radical (unpaired) electrons. The van der Waals surface area contributed by atoms with Crippen molar-refractivity contribution in [1.29, 1.82) is 0 Å². The Morgan fingerprint density at radius 3 is 1.06 bits per heavy atom. The van der Waals surface area contributed by atoms with Crippen molar-refractivity contribution in [3.63, 3.8) is 0 Å². The Kier molecular flexibility index (Phi) is 29.4. The highest BCUT2D eigenvalue weighted by atomic mass is 32.2. The van der Waals surface area contributed by atoms with E-state index in [-0.39, 0.29) is 20.1 Å².